The third kappa shape index (κ3) is 5.38. The Morgan fingerprint density at radius 3 is 2.59 bits per heavy atom. The first kappa shape index (κ1) is 23.3. The molecule has 2 heterocycles. The van der Waals surface area contributed by atoms with Crippen molar-refractivity contribution < 1.29 is 26.8 Å². The van der Waals surface area contributed by atoms with Crippen molar-refractivity contribution in [3.05, 3.63) is 35.5 Å². The molecular weight excluding hydrogens is 435 g/mol. The maximum atomic E-state index is 14.3. The van der Waals surface area contributed by atoms with E-state index in [2.05, 4.69) is 24.0 Å². The minimum absolute atomic E-state index is 0.0381. The number of sulfone groups is 1. The number of ether oxygens (including phenoxy) is 2. The van der Waals surface area contributed by atoms with Gasteiger partial charge in [-0.05, 0) is 64.4 Å². The Morgan fingerprint density at radius 2 is 2.00 bits per heavy atom. The maximum Gasteiger partial charge on any atom is 0.255 e. The summed E-state index contributed by atoms with van der Waals surface area (Å²) in [7, 11) is -3.33. The van der Waals surface area contributed by atoms with E-state index >= 15 is 0 Å². The van der Waals surface area contributed by atoms with Crippen molar-refractivity contribution in [1.82, 2.24) is 10.1 Å². The summed E-state index contributed by atoms with van der Waals surface area (Å²) in [6.07, 6.45) is 6.03. The summed E-state index contributed by atoms with van der Waals surface area (Å²) < 4.78 is 54.7. The van der Waals surface area contributed by atoms with Gasteiger partial charge in [-0.1, -0.05) is 17.3 Å². The Hall–Kier alpha value is -1.84. The van der Waals surface area contributed by atoms with Crippen molar-refractivity contribution in [2.75, 3.05) is 12.9 Å². The molecule has 2 aliphatic rings. The average molecular weight is 467 g/mol. The van der Waals surface area contributed by atoms with Crippen LogP contribution >= 0.6 is 0 Å². The summed E-state index contributed by atoms with van der Waals surface area (Å²) in [5, 5.41) is 3.95. The molecule has 0 N–H and O–H groups in total. The minimum atomic E-state index is -3.33. The monoisotopic (exact) mass is 466 g/mol. The van der Waals surface area contributed by atoms with Gasteiger partial charge in [-0.2, -0.15) is 4.98 Å². The van der Waals surface area contributed by atoms with E-state index in [1.807, 2.05) is 6.92 Å². The molecule has 176 valence electrons. The summed E-state index contributed by atoms with van der Waals surface area (Å²) >= 11 is 0. The molecule has 4 rings (SSSR count). The molecule has 1 aromatic heterocycles. The fourth-order valence-corrected chi connectivity index (χ4v) is 5.76. The molecule has 1 aliphatic heterocycles. The normalized spacial score (nSPS) is 26.5. The third-order valence-corrected chi connectivity index (χ3v) is 7.31. The van der Waals surface area contributed by atoms with Gasteiger partial charge in [0.1, 0.15) is 11.9 Å². The summed E-state index contributed by atoms with van der Waals surface area (Å²) in [6.45, 7) is 7.02. The lowest BCUT2D eigenvalue weighted by Crippen LogP contribution is -2.32. The predicted molar refractivity (Wildman–Crippen MR) is 117 cm³/mol. The van der Waals surface area contributed by atoms with E-state index in [-0.39, 0.29) is 40.4 Å². The van der Waals surface area contributed by atoms with Gasteiger partial charge in [-0.25, -0.2) is 12.8 Å². The predicted octanol–water partition coefficient (Wildman–Crippen LogP) is 4.63. The number of hydrogen-bond acceptors (Lipinski definition) is 7. The van der Waals surface area contributed by atoms with Crippen LogP contribution in [-0.4, -0.2) is 43.1 Å². The second-order valence-corrected chi connectivity index (χ2v) is 12.2. The van der Waals surface area contributed by atoms with E-state index in [1.165, 1.54) is 12.1 Å². The van der Waals surface area contributed by atoms with Crippen LogP contribution in [0, 0.1) is 11.2 Å². The molecule has 1 atom stereocenters. The van der Waals surface area contributed by atoms with Gasteiger partial charge in [-0.3, -0.25) is 0 Å². The summed E-state index contributed by atoms with van der Waals surface area (Å²) in [5.41, 5.74) is 0.773. The number of halogens is 1. The van der Waals surface area contributed by atoms with Crippen LogP contribution in [0.4, 0.5) is 4.39 Å². The molecule has 32 heavy (non-hydrogen) atoms. The smallest absolute Gasteiger partial charge is 0.255 e. The first-order valence-corrected chi connectivity index (χ1v) is 13.1. The van der Waals surface area contributed by atoms with Crippen molar-refractivity contribution in [2.24, 2.45) is 5.41 Å². The first-order chi connectivity index (χ1) is 14.9. The van der Waals surface area contributed by atoms with Crippen LogP contribution < -0.4 is 0 Å². The SMILES string of the molecule is CC(OC1CCC2(CC1)COC(C)(C)C2)c1nc(-c2ccc(CS(C)(=O)=O)c(F)c2)no1. The zero-order valence-corrected chi connectivity index (χ0v) is 19.9. The van der Waals surface area contributed by atoms with Crippen molar-refractivity contribution in [3.8, 4) is 11.4 Å². The molecule has 1 aromatic carbocycles. The van der Waals surface area contributed by atoms with Gasteiger partial charge in [0.2, 0.25) is 5.82 Å². The zero-order chi connectivity index (χ0) is 23.1. The standard InChI is InChI=1S/C23H31FN2O5S/c1-15(30-18-7-9-23(10-8-18)13-22(2,3)29-14-23)21-25-20(26-31-21)16-5-6-17(19(24)11-16)12-32(4,27)28/h5-6,11,15,18H,7-10,12-14H2,1-4H3. The maximum absolute atomic E-state index is 14.3. The minimum Gasteiger partial charge on any atom is -0.375 e. The Kier molecular flexibility index (Phi) is 6.19. The van der Waals surface area contributed by atoms with Crippen LogP contribution in [0.2, 0.25) is 0 Å². The van der Waals surface area contributed by atoms with Crippen LogP contribution in [-0.2, 0) is 25.1 Å². The first-order valence-electron chi connectivity index (χ1n) is 11.0. The largest absolute Gasteiger partial charge is 0.375 e. The van der Waals surface area contributed by atoms with Gasteiger partial charge in [0.15, 0.2) is 9.84 Å². The van der Waals surface area contributed by atoms with Crippen LogP contribution in [0.3, 0.4) is 0 Å². The molecule has 1 spiro atoms. The molecule has 1 unspecified atom stereocenters. The molecule has 9 heteroatoms. The third-order valence-electron chi connectivity index (χ3n) is 6.48. The second kappa shape index (κ2) is 8.50. The van der Waals surface area contributed by atoms with Gasteiger partial charge in [0.05, 0.1) is 24.1 Å². The van der Waals surface area contributed by atoms with E-state index < -0.39 is 15.7 Å². The van der Waals surface area contributed by atoms with Crippen molar-refractivity contribution in [1.29, 1.82) is 0 Å². The Labute approximate surface area is 188 Å². The molecule has 0 amide bonds. The summed E-state index contributed by atoms with van der Waals surface area (Å²) in [5.74, 6) is -0.383. The molecule has 1 aliphatic carbocycles. The molecule has 1 saturated carbocycles. The lowest BCUT2D eigenvalue weighted by molar-refractivity contribution is -0.0560. The topological polar surface area (TPSA) is 91.5 Å². The number of nitrogens with zero attached hydrogens (tertiary/aromatic N) is 2. The average Bonchev–Trinajstić information content (AvgIpc) is 3.30. The summed E-state index contributed by atoms with van der Waals surface area (Å²) in [4.78, 5) is 4.37. The number of hydrogen-bond donors (Lipinski definition) is 0. The highest BCUT2D eigenvalue weighted by atomic mass is 32.2. The van der Waals surface area contributed by atoms with E-state index in [9.17, 15) is 12.8 Å². The molecule has 0 bridgehead atoms. The van der Waals surface area contributed by atoms with Gasteiger partial charge >= 0.3 is 0 Å². The Morgan fingerprint density at radius 1 is 1.28 bits per heavy atom. The fourth-order valence-electron chi connectivity index (χ4n) is 4.96. The van der Waals surface area contributed by atoms with Crippen LogP contribution in [0.15, 0.2) is 22.7 Å². The highest BCUT2D eigenvalue weighted by Gasteiger charge is 2.46. The Bertz CT molecular complexity index is 1070. The van der Waals surface area contributed by atoms with Gasteiger partial charge in [-0.15, -0.1) is 0 Å². The lowest BCUT2D eigenvalue weighted by Gasteiger charge is -2.37. The van der Waals surface area contributed by atoms with Crippen molar-refractivity contribution in [3.63, 3.8) is 0 Å². The lowest BCUT2D eigenvalue weighted by atomic mass is 9.70. The van der Waals surface area contributed by atoms with Gasteiger partial charge in [0, 0.05) is 17.4 Å². The molecule has 7 nitrogen and oxygen atoms in total. The molecule has 0 radical (unpaired) electrons. The number of benzene rings is 1. The molecule has 2 fully saturated rings. The van der Waals surface area contributed by atoms with E-state index in [1.54, 1.807) is 6.07 Å². The highest BCUT2D eigenvalue weighted by Crippen LogP contribution is 2.49. The van der Waals surface area contributed by atoms with Crippen LogP contribution in [0.25, 0.3) is 11.4 Å². The van der Waals surface area contributed by atoms with Gasteiger partial charge < -0.3 is 14.0 Å². The zero-order valence-electron chi connectivity index (χ0n) is 19.1. The van der Waals surface area contributed by atoms with E-state index in [0.717, 1.165) is 45.0 Å². The number of rotatable bonds is 6. The molecule has 1 saturated heterocycles. The van der Waals surface area contributed by atoms with E-state index in [4.69, 9.17) is 14.0 Å². The van der Waals surface area contributed by atoms with E-state index in [0.29, 0.717) is 11.5 Å². The van der Waals surface area contributed by atoms with Crippen molar-refractivity contribution in [2.45, 2.75) is 76.4 Å². The van der Waals surface area contributed by atoms with Gasteiger partial charge in [0.25, 0.3) is 5.89 Å². The Balaban J connectivity index is 1.36. The quantitative estimate of drug-likeness (QED) is 0.613. The van der Waals surface area contributed by atoms with Crippen molar-refractivity contribution >= 4 is 9.84 Å². The second-order valence-electron chi connectivity index (χ2n) is 10.0. The molecular formula is C23H31FN2O5S. The van der Waals surface area contributed by atoms with Crippen LogP contribution in [0.5, 0.6) is 0 Å². The fraction of sp³-hybridized carbons (Fsp3) is 0.652. The van der Waals surface area contributed by atoms with Crippen LogP contribution in [0.1, 0.15) is 70.4 Å². The molecule has 2 aromatic rings. The highest BCUT2D eigenvalue weighted by molar-refractivity contribution is 7.89. The summed E-state index contributed by atoms with van der Waals surface area (Å²) in [6, 6.07) is 4.26. The number of aromatic nitrogens is 2.